The number of halogens is 1. The SMILES string of the molecule is Cc1nc2c(c(=O)o1)C(c1ccc(Br)cc1)C1=C(CC(C)(C)CC1=O)O2. The van der Waals surface area contributed by atoms with E-state index in [1.54, 1.807) is 6.92 Å². The number of allylic oxidation sites excluding steroid dienone is 2. The molecule has 1 aliphatic heterocycles. The number of carbonyl (C=O) groups excluding carboxylic acids is 1. The first-order chi connectivity index (χ1) is 12.2. The smallest absolute Gasteiger partial charge is 0.346 e. The molecule has 1 aromatic carbocycles. The number of rotatable bonds is 1. The standard InChI is InChI=1S/C20H18BrNO4/c1-10-22-18-17(19(24)25-10)15(11-4-6-12(21)7-5-11)16-13(23)8-20(2,3)9-14(16)26-18/h4-7,15H,8-9H2,1-3H3. The summed E-state index contributed by atoms with van der Waals surface area (Å²) in [4.78, 5) is 29.9. The molecule has 2 heterocycles. The Kier molecular flexibility index (Phi) is 3.91. The van der Waals surface area contributed by atoms with Gasteiger partial charge in [-0.2, -0.15) is 4.98 Å². The van der Waals surface area contributed by atoms with E-state index in [2.05, 4.69) is 20.9 Å². The van der Waals surface area contributed by atoms with Crippen LogP contribution in [0.25, 0.3) is 0 Å². The summed E-state index contributed by atoms with van der Waals surface area (Å²) in [6.45, 7) is 5.69. The van der Waals surface area contributed by atoms with Gasteiger partial charge in [-0.15, -0.1) is 0 Å². The zero-order chi connectivity index (χ0) is 18.6. The van der Waals surface area contributed by atoms with E-state index >= 15 is 0 Å². The number of benzene rings is 1. The Hall–Kier alpha value is -2.21. The van der Waals surface area contributed by atoms with Crippen LogP contribution in [0.5, 0.6) is 5.88 Å². The highest BCUT2D eigenvalue weighted by molar-refractivity contribution is 9.10. The van der Waals surface area contributed by atoms with Crippen molar-refractivity contribution in [1.29, 1.82) is 0 Å². The lowest BCUT2D eigenvalue weighted by Crippen LogP contribution is -2.35. The summed E-state index contributed by atoms with van der Waals surface area (Å²) in [5.41, 5.74) is 0.995. The van der Waals surface area contributed by atoms with Crippen molar-refractivity contribution in [3.63, 3.8) is 0 Å². The maximum Gasteiger partial charge on any atom is 0.346 e. The normalized spacial score (nSPS) is 21.1. The second-order valence-electron chi connectivity index (χ2n) is 7.60. The van der Waals surface area contributed by atoms with E-state index in [-0.39, 0.29) is 23.0 Å². The number of hydrogen-bond acceptors (Lipinski definition) is 5. The Labute approximate surface area is 159 Å². The van der Waals surface area contributed by atoms with Crippen LogP contribution in [0.2, 0.25) is 0 Å². The number of ether oxygens (including phenoxy) is 1. The van der Waals surface area contributed by atoms with Gasteiger partial charge in [0.15, 0.2) is 11.7 Å². The second-order valence-corrected chi connectivity index (χ2v) is 8.52. The number of ketones is 1. The largest absolute Gasteiger partial charge is 0.442 e. The van der Waals surface area contributed by atoms with Crippen LogP contribution in [0.3, 0.4) is 0 Å². The predicted molar refractivity (Wildman–Crippen MR) is 99.2 cm³/mol. The monoisotopic (exact) mass is 415 g/mol. The molecule has 2 aliphatic rings. The highest BCUT2D eigenvalue weighted by atomic mass is 79.9. The maximum absolute atomic E-state index is 13.0. The minimum absolute atomic E-state index is 0.00907. The van der Waals surface area contributed by atoms with Gasteiger partial charge in [-0.05, 0) is 23.1 Å². The third kappa shape index (κ3) is 2.82. The molecular formula is C20H18BrNO4. The molecular weight excluding hydrogens is 398 g/mol. The molecule has 1 atom stereocenters. The maximum atomic E-state index is 13.0. The van der Waals surface area contributed by atoms with Crippen LogP contribution in [-0.4, -0.2) is 10.8 Å². The van der Waals surface area contributed by atoms with Gasteiger partial charge < -0.3 is 9.15 Å². The number of Topliss-reactive ketones (excluding diaryl/α,β-unsaturated/α-hetero) is 1. The molecule has 0 radical (unpaired) electrons. The van der Waals surface area contributed by atoms with Crippen molar-refractivity contribution < 1.29 is 13.9 Å². The number of aromatic nitrogens is 1. The highest BCUT2D eigenvalue weighted by Crippen LogP contribution is 2.48. The van der Waals surface area contributed by atoms with Crippen LogP contribution in [0.15, 0.2) is 49.3 Å². The fourth-order valence-electron chi connectivity index (χ4n) is 3.76. The summed E-state index contributed by atoms with van der Waals surface area (Å²) in [7, 11) is 0. The van der Waals surface area contributed by atoms with Crippen LogP contribution >= 0.6 is 15.9 Å². The van der Waals surface area contributed by atoms with E-state index in [0.29, 0.717) is 29.7 Å². The van der Waals surface area contributed by atoms with Crippen molar-refractivity contribution in [2.45, 2.75) is 39.5 Å². The fourth-order valence-corrected chi connectivity index (χ4v) is 4.03. The van der Waals surface area contributed by atoms with E-state index < -0.39 is 11.5 Å². The molecule has 1 unspecified atom stereocenters. The van der Waals surface area contributed by atoms with E-state index in [0.717, 1.165) is 10.0 Å². The van der Waals surface area contributed by atoms with Crippen LogP contribution in [0.1, 0.15) is 49.6 Å². The van der Waals surface area contributed by atoms with E-state index in [4.69, 9.17) is 9.15 Å². The molecule has 5 nitrogen and oxygen atoms in total. The molecule has 26 heavy (non-hydrogen) atoms. The minimum atomic E-state index is -0.519. The summed E-state index contributed by atoms with van der Waals surface area (Å²) in [6.07, 6.45) is 1.05. The Morgan fingerprint density at radius 3 is 2.54 bits per heavy atom. The second kappa shape index (κ2) is 5.91. The van der Waals surface area contributed by atoms with Gasteiger partial charge in [0.25, 0.3) is 0 Å². The molecule has 0 spiro atoms. The van der Waals surface area contributed by atoms with Gasteiger partial charge >= 0.3 is 5.63 Å². The molecule has 0 saturated carbocycles. The third-order valence-corrected chi connectivity index (χ3v) is 5.36. The average molecular weight is 416 g/mol. The van der Waals surface area contributed by atoms with Gasteiger partial charge in [0.1, 0.15) is 11.3 Å². The molecule has 0 bridgehead atoms. The van der Waals surface area contributed by atoms with Crippen LogP contribution in [0, 0.1) is 12.3 Å². The first-order valence-electron chi connectivity index (χ1n) is 8.46. The zero-order valence-electron chi connectivity index (χ0n) is 14.8. The number of fused-ring (bicyclic) bond motifs is 1. The molecule has 0 fully saturated rings. The quantitative estimate of drug-likeness (QED) is 0.695. The van der Waals surface area contributed by atoms with Crippen molar-refractivity contribution in [3.05, 3.63) is 67.5 Å². The van der Waals surface area contributed by atoms with Gasteiger partial charge in [-0.3, -0.25) is 4.79 Å². The summed E-state index contributed by atoms with van der Waals surface area (Å²) in [5, 5.41) is 0. The summed E-state index contributed by atoms with van der Waals surface area (Å²) >= 11 is 3.42. The topological polar surface area (TPSA) is 69.4 Å². The first kappa shape index (κ1) is 17.2. The van der Waals surface area contributed by atoms with Gasteiger partial charge in [-0.1, -0.05) is 41.9 Å². The van der Waals surface area contributed by atoms with Gasteiger partial charge in [0, 0.05) is 29.8 Å². The number of nitrogens with zero attached hydrogens (tertiary/aromatic N) is 1. The first-order valence-corrected chi connectivity index (χ1v) is 9.26. The lowest BCUT2D eigenvalue weighted by molar-refractivity contribution is -0.118. The molecule has 1 aromatic heterocycles. The Balaban J connectivity index is 1.99. The van der Waals surface area contributed by atoms with Gasteiger partial charge in [-0.25, -0.2) is 4.79 Å². The zero-order valence-corrected chi connectivity index (χ0v) is 16.3. The molecule has 1 aliphatic carbocycles. The lowest BCUT2D eigenvalue weighted by atomic mass is 9.70. The number of aryl methyl sites for hydroxylation is 1. The molecule has 0 saturated heterocycles. The molecule has 0 amide bonds. The molecule has 0 N–H and O–H groups in total. The van der Waals surface area contributed by atoms with Crippen LogP contribution in [0.4, 0.5) is 0 Å². The van der Waals surface area contributed by atoms with E-state index in [9.17, 15) is 9.59 Å². The van der Waals surface area contributed by atoms with E-state index in [1.165, 1.54) is 0 Å². The summed E-state index contributed by atoms with van der Waals surface area (Å²) < 4.78 is 12.1. The Bertz CT molecular complexity index is 1000. The van der Waals surface area contributed by atoms with Crippen molar-refractivity contribution in [2.24, 2.45) is 5.41 Å². The van der Waals surface area contributed by atoms with Crippen LogP contribution in [-0.2, 0) is 4.79 Å². The van der Waals surface area contributed by atoms with Crippen molar-refractivity contribution in [1.82, 2.24) is 4.98 Å². The van der Waals surface area contributed by atoms with Crippen molar-refractivity contribution >= 4 is 21.7 Å². The summed E-state index contributed by atoms with van der Waals surface area (Å²) in [5.74, 6) is 0.596. The van der Waals surface area contributed by atoms with E-state index in [1.807, 2.05) is 38.1 Å². The van der Waals surface area contributed by atoms with Gasteiger partial charge in [0.05, 0.1) is 5.92 Å². The minimum Gasteiger partial charge on any atom is -0.442 e. The average Bonchev–Trinajstić information content (AvgIpc) is 2.52. The lowest BCUT2D eigenvalue weighted by Gasteiger charge is -2.37. The number of carbonyl (C=O) groups is 1. The van der Waals surface area contributed by atoms with Crippen molar-refractivity contribution in [2.75, 3.05) is 0 Å². The number of hydrogen-bond donors (Lipinski definition) is 0. The highest BCUT2D eigenvalue weighted by Gasteiger charge is 2.44. The molecule has 134 valence electrons. The Morgan fingerprint density at radius 2 is 1.85 bits per heavy atom. The van der Waals surface area contributed by atoms with Crippen molar-refractivity contribution in [3.8, 4) is 5.88 Å². The van der Waals surface area contributed by atoms with Gasteiger partial charge in [0.2, 0.25) is 5.88 Å². The Morgan fingerprint density at radius 1 is 1.15 bits per heavy atom. The molecule has 2 aromatic rings. The molecule has 6 heteroatoms. The summed E-state index contributed by atoms with van der Waals surface area (Å²) in [6, 6.07) is 7.60. The third-order valence-electron chi connectivity index (χ3n) is 4.83. The van der Waals surface area contributed by atoms with Crippen LogP contribution < -0.4 is 10.4 Å². The molecule has 4 rings (SSSR count). The predicted octanol–water partition coefficient (Wildman–Crippen LogP) is 4.27. The fraction of sp³-hybridized carbons (Fsp3) is 0.350.